The van der Waals surface area contributed by atoms with E-state index >= 15 is 0 Å². The highest BCUT2D eigenvalue weighted by molar-refractivity contribution is 5.74. The first-order valence-electron chi connectivity index (χ1n) is 9.11. The summed E-state index contributed by atoms with van der Waals surface area (Å²) in [6.45, 7) is 5.79. The standard InChI is InChI=1S/C19H29N3O2/c1-15-7-5-6-11-22(15)19(23)20-13-16-10-12-21(14-16)17-8-3-4-9-18(17)24-2/h3-4,8-9,15-16H,5-7,10-14H2,1-2H3,(H,20,23)/t15-,16-/m1/s1. The average molecular weight is 331 g/mol. The van der Waals surface area contributed by atoms with E-state index in [1.807, 2.05) is 23.1 Å². The SMILES string of the molecule is COc1ccccc1N1CC[C@H](CNC(=O)N2CCCC[C@H]2C)C1. The quantitative estimate of drug-likeness (QED) is 0.922. The number of carbonyl (C=O) groups excluding carboxylic acids is 1. The van der Waals surface area contributed by atoms with Crippen LogP contribution in [0.1, 0.15) is 32.6 Å². The van der Waals surface area contributed by atoms with E-state index in [1.165, 1.54) is 6.42 Å². The van der Waals surface area contributed by atoms with Crippen molar-refractivity contribution in [2.75, 3.05) is 38.2 Å². The third-order valence-corrected chi connectivity index (χ3v) is 5.32. The molecule has 5 nitrogen and oxygen atoms in total. The van der Waals surface area contributed by atoms with Crippen LogP contribution >= 0.6 is 0 Å². The minimum Gasteiger partial charge on any atom is -0.495 e. The second-order valence-electron chi connectivity index (χ2n) is 7.00. The summed E-state index contributed by atoms with van der Waals surface area (Å²) < 4.78 is 5.46. The van der Waals surface area contributed by atoms with Gasteiger partial charge in [0.2, 0.25) is 0 Å². The first-order chi connectivity index (χ1) is 11.7. The van der Waals surface area contributed by atoms with Gasteiger partial charge < -0.3 is 19.9 Å². The van der Waals surface area contributed by atoms with Crippen LogP contribution in [0.4, 0.5) is 10.5 Å². The number of anilines is 1. The van der Waals surface area contributed by atoms with E-state index in [0.29, 0.717) is 12.0 Å². The second kappa shape index (κ2) is 7.77. The van der Waals surface area contributed by atoms with Gasteiger partial charge in [-0.3, -0.25) is 0 Å². The molecule has 0 aliphatic carbocycles. The maximum atomic E-state index is 12.4. The smallest absolute Gasteiger partial charge is 0.317 e. The van der Waals surface area contributed by atoms with Crippen molar-refractivity contribution in [3.63, 3.8) is 0 Å². The number of hydrogen-bond donors (Lipinski definition) is 1. The van der Waals surface area contributed by atoms with Gasteiger partial charge in [-0.25, -0.2) is 4.79 Å². The van der Waals surface area contributed by atoms with Crippen LogP contribution < -0.4 is 15.0 Å². The molecule has 0 bridgehead atoms. The number of ether oxygens (including phenoxy) is 1. The molecule has 2 heterocycles. The number of likely N-dealkylation sites (tertiary alicyclic amines) is 1. The van der Waals surface area contributed by atoms with Crippen LogP contribution in [0.5, 0.6) is 5.75 Å². The molecule has 2 fully saturated rings. The topological polar surface area (TPSA) is 44.8 Å². The van der Waals surface area contributed by atoms with Gasteiger partial charge in [0.1, 0.15) is 5.75 Å². The van der Waals surface area contributed by atoms with Gasteiger partial charge in [0.25, 0.3) is 0 Å². The predicted octanol–water partition coefficient (Wildman–Crippen LogP) is 3.11. The Labute approximate surface area is 145 Å². The van der Waals surface area contributed by atoms with E-state index in [2.05, 4.69) is 23.2 Å². The molecule has 1 N–H and O–H groups in total. The van der Waals surface area contributed by atoms with Gasteiger partial charge in [-0.1, -0.05) is 12.1 Å². The number of carbonyl (C=O) groups is 1. The number of rotatable bonds is 4. The summed E-state index contributed by atoms with van der Waals surface area (Å²) in [4.78, 5) is 16.8. The number of piperidine rings is 1. The maximum absolute atomic E-state index is 12.4. The molecule has 0 unspecified atom stereocenters. The molecule has 2 amide bonds. The van der Waals surface area contributed by atoms with Gasteiger partial charge in [-0.05, 0) is 50.7 Å². The largest absolute Gasteiger partial charge is 0.495 e. The highest BCUT2D eigenvalue weighted by atomic mass is 16.5. The molecule has 5 heteroatoms. The van der Waals surface area contributed by atoms with Crippen molar-refractivity contribution in [3.05, 3.63) is 24.3 Å². The highest BCUT2D eigenvalue weighted by Crippen LogP contribution is 2.31. The van der Waals surface area contributed by atoms with Crippen LogP contribution in [-0.4, -0.2) is 50.3 Å². The van der Waals surface area contributed by atoms with Crippen LogP contribution in [0.25, 0.3) is 0 Å². The molecule has 132 valence electrons. The lowest BCUT2D eigenvalue weighted by Gasteiger charge is -2.33. The third-order valence-electron chi connectivity index (χ3n) is 5.32. The number of nitrogens with one attached hydrogen (secondary N) is 1. The Morgan fingerprint density at radius 2 is 2.08 bits per heavy atom. The number of urea groups is 1. The van der Waals surface area contributed by atoms with Crippen molar-refractivity contribution in [2.45, 2.75) is 38.6 Å². The minimum absolute atomic E-state index is 0.109. The lowest BCUT2D eigenvalue weighted by molar-refractivity contribution is 0.157. The van der Waals surface area contributed by atoms with Crippen molar-refractivity contribution in [1.29, 1.82) is 0 Å². The van der Waals surface area contributed by atoms with Gasteiger partial charge in [0.15, 0.2) is 0 Å². The van der Waals surface area contributed by atoms with E-state index in [-0.39, 0.29) is 6.03 Å². The maximum Gasteiger partial charge on any atom is 0.317 e. The van der Waals surface area contributed by atoms with Crippen LogP contribution in [0.2, 0.25) is 0 Å². The molecule has 2 aliphatic rings. The fourth-order valence-electron chi connectivity index (χ4n) is 3.84. The predicted molar refractivity (Wildman–Crippen MR) is 96.7 cm³/mol. The number of amides is 2. The Kier molecular flexibility index (Phi) is 5.48. The number of methoxy groups -OCH3 is 1. The monoisotopic (exact) mass is 331 g/mol. The van der Waals surface area contributed by atoms with Crippen molar-refractivity contribution < 1.29 is 9.53 Å². The molecule has 2 saturated heterocycles. The molecular formula is C19H29N3O2. The zero-order chi connectivity index (χ0) is 16.9. The first kappa shape index (κ1) is 16.9. The van der Waals surface area contributed by atoms with Gasteiger partial charge in [-0.15, -0.1) is 0 Å². The Morgan fingerprint density at radius 1 is 1.25 bits per heavy atom. The van der Waals surface area contributed by atoms with Crippen LogP contribution in [0, 0.1) is 5.92 Å². The molecular weight excluding hydrogens is 302 g/mol. The van der Waals surface area contributed by atoms with E-state index < -0.39 is 0 Å². The number of para-hydroxylation sites is 2. The molecule has 0 spiro atoms. The number of nitrogens with zero attached hydrogens (tertiary/aromatic N) is 2. The summed E-state index contributed by atoms with van der Waals surface area (Å²) in [6.07, 6.45) is 4.59. The molecule has 3 rings (SSSR count). The van der Waals surface area contributed by atoms with E-state index in [9.17, 15) is 4.79 Å². The van der Waals surface area contributed by atoms with Crippen molar-refractivity contribution in [1.82, 2.24) is 10.2 Å². The molecule has 0 radical (unpaired) electrons. The van der Waals surface area contributed by atoms with Gasteiger partial charge >= 0.3 is 6.03 Å². The Hall–Kier alpha value is -1.91. The summed E-state index contributed by atoms with van der Waals surface area (Å²) in [5, 5.41) is 3.15. The molecule has 0 saturated carbocycles. The van der Waals surface area contributed by atoms with E-state index in [4.69, 9.17) is 4.74 Å². The lowest BCUT2D eigenvalue weighted by Crippen LogP contribution is -2.48. The molecule has 1 aromatic rings. The Bertz CT molecular complexity index is 563. The van der Waals surface area contributed by atoms with Crippen molar-refractivity contribution in [3.8, 4) is 5.75 Å². The van der Waals surface area contributed by atoms with Gasteiger partial charge in [0.05, 0.1) is 12.8 Å². The minimum atomic E-state index is 0.109. The fourth-order valence-corrected chi connectivity index (χ4v) is 3.84. The Morgan fingerprint density at radius 3 is 2.88 bits per heavy atom. The normalized spacial score (nSPS) is 24.1. The summed E-state index contributed by atoms with van der Waals surface area (Å²) in [7, 11) is 1.71. The van der Waals surface area contributed by atoms with Gasteiger partial charge in [-0.2, -0.15) is 0 Å². The van der Waals surface area contributed by atoms with Crippen molar-refractivity contribution in [2.24, 2.45) is 5.92 Å². The summed E-state index contributed by atoms with van der Waals surface area (Å²) in [5.74, 6) is 1.42. The van der Waals surface area contributed by atoms with E-state index in [0.717, 1.165) is 56.9 Å². The molecule has 2 atom stereocenters. The van der Waals surface area contributed by atoms with Crippen LogP contribution in [0.3, 0.4) is 0 Å². The summed E-state index contributed by atoms with van der Waals surface area (Å²) in [5.41, 5.74) is 1.15. The highest BCUT2D eigenvalue weighted by Gasteiger charge is 2.27. The zero-order valence-corrected chi connectivity index (χ0v) is 14.8. The molecule has 2 aliphatic heterocycles. The molecule has 1 aromatic carbocycles. The number of hydrogen-bond acceptors (Lipinski definition) is 3. The second-order valence-corrected chi connectivity index (χ2v) is 7.00. The van der Waals surface area contributed by atoms with Crippen LogP contribution in [-0.2, 0) is 0 Å². The van der Waals surface area contributed by atoms with Crippen LogP contribution in [0.15, 0.2) is 24.3 Å². The molecule has 0 aromatic heterocycles. The Balaban J connectivity index is 1.50. The fraction of sp³-hybridized carbons (Fsp3) is 0.632. The third kappa shape index (κ3) is 3.77. The number of benzene rings is 1. The lowest BCUT2D eigenvalue weighted by atomic mass is 10.0. The average Bonchev–Trinajstić information content (AvgIpc) is 3.09. The summed E-state index contributed by atoms with van der Waals surface area (Å²) in [6, 6.07) is 8.63. The first-order valence-corrected chi connectivity index (χ1v) is 9.11. The summed E-state index contributed by atoms with van der Waals surface area (Å²) >= 11 is 0. The zero-order valence-electron chi connectivity index (χ0n) is 14.8. The van der Waals surface area contributed by atoms with Crippen molar-refractivity contribution >= 4 is 11.7 Å². The van der Waals surface area contributed by atoms with E-state index in [1.54, 1.807) is 7.11 Å². The molecule has 24 heavy (non-hydrogen) atoms. The van der Waals surface area contributed by atoms with Gasteiger partial charge in [0, 0.05) is 32.2 Å².